The fraction of sp³-hybridized carbons (Fsp3) is 0.286. The van der Waals surface area contributed by atoms with Crippen LogP contribution in [0.1, 0.15) is 46.2 Å². The van der Waals surface area contributed by atoms with Gasteiger partial charge in [0.1, 0.15) is 0 Å². The summed E-state index contributed by atoms with van der Waals surface area (Å²) < 4.78 is 16.9. The zero-order chi connectivity index (χ0) is 22.2. The molecular weight excluding hydrogens is 460 g/mol. The summed E-state index contributed by atoms with van der Waals surface area (Å²) in [5.41, 5.74) is 7.58. The van der Waals surface area contributed by atoms with Crippen LogP contribution in [0.15, 0.2) is 67.3 Å². The van der Waals surface area contributed by atoms with Crippen LogP contribution in [0.3, 0.4) is 0 Å². The predicted octanol–water partition coefficient (Wildman–Crippen LogP) is 7.67. The molecule has 2 aliphatic rings. The van der Waals surface area contributed by atoms with Crippen LogP contribution < -0.4 is 5.63 Å². The van der Waals surface area contributed by atoms with Crippen molar-refractivity contribution in [2.45, 2.75) is 54.4 Å². The summed E-state index contributed by atoms with van der Waals surface area (Å²) in [6.07, 6.45) is 15.0. The second-order valence-electron chi connectivity index (χ2n) is 8.73. The van der Waals surface area contributed by atoms with E-state index in [2.05, 4.69) is 102 Å². The van der Waals surface area contributed by atoms with Crippen molar-refractivity contribution in [1.29, 1.82) is 0 Å². The van der Waals surface area contributed by atoms with E-state index in [0.29, 0.717) is 0 Å². The molecule has 0 aromatic heterocycles. The minimum absolute atomic E-state index is 0.904. The standard InChI is InChI=1S/2C9H12O.2C5H5.Zr/c2*1-6-4-5-9(10)8(3)7(6)2;2*1-2-4-5-3-1;/h2*4-5,10H,1-3H3;2*1-3H,4H2;/q;;;;+2/p-2. The van der Waals surface area contributed by atoms with Crippen LogP contribution in [0, 0.1) is 41.5 Å². The summed E-state index contributed by atoms with van der Waals surface area (Å²) in [5.74, 6) is 1.92. The van der Waals surface area contributed by atoms with Crippen molar-refractivity contribution in [3.63, 3.8) is 0 Å². The number of rotatable bonds is 6. The van der Waals surface area contributed by atoms with Crippen molar-refractivity contribution < 1.29 is 26.8 Å². The topological polar surface area (TPSA) is 18.5 Å². The maximum atomic E-state index is 7.14. The summed E-state index contributed by atoms with van der Waals surface area (Å²) in [7, 11) is 0. The van der Waals surface area contributed by atoms with Gasteiger partial charge in [0.05, 0.1) is 0 Å². The zero-order valence-corrected chi connectivity index (χ0v) is 22.0. The summed E-state index contributed by atoms with van der Waals surface area (Å²) in [6, 6.07) is 8.59. The molecule has 0 N–H and O–H groups in total. The summed E-state index contributed by atoms with van der Waals surface area (Å²) >= 11 is -3.97. The molecule has 0 saturated carbocycles. The van der Waals surface area contributed by atoms with E-state index in [1.165, 1.54) is 39.9 Å². The number of benzene rings is 2. The number of hydrogen-bond donors (Lipinski definition) is 0. The number of allylic oxidation sites excluding steroid dienone is 8. The summed E-state index contributed by atoms with van der Waals surface area (Å²) in [5, 5.41) is 0. The van der Waals surface area contributed by atoms with Crippen LogP contribution >= 0.6 is 0 Å². The van der Waals surface area contributed by atoms with Gasteiger partial charge in [-0.2, -0.15) is 0 Å². The van der Waals surface area contributed by atoms with Crippen LogP contribution in [0.5, 0.6) is 11.5 Å². The van der Waals surface area contributed by atoms with Crippen LogP contribution in [0.4, 0.5) is 0 Å². The van der Waals surface area contributed by atoms with Gasteiger partial charge in [-0.25, -0.2) is 0 Å². The van der Waals surface area contributed by atoms with Gasteiger partial charge in [-0.3, -0.25) is 0 Å². The molecule has 3 heteroatoms. The van der Waals surface area contributed by atoms with E-state index >= 15 is 0 Å². The third kappa shape index (κ3) is 4.05. The van der Waals surface area contributed by atoms with Crippen molar-refractivity contribution in [3.8, 4) is 11.5 Å². The first-order valence-corrected chi connectivity index (χ1v) is 15.5. The van der Waals surface area contributed by atoms with E-state index in [4.69, 9.17) is 5.63 Å². The van der Waals surface area contributed by atoms with Crippen molar-refractivity contribution in [3.05, 3.63) is 101 Å². The van der Waals surface area contributed by atoms with E-state index in [9.17, 15) is 0 Å². The van der Waals surface area contributed by atoms with E-state index in [-0.39, 0.29) is 0 Å². The van der Waals surface area contributed by atoms with Gasteiger partial charge >= 0.3 is 193 Å². The van der Waals surface area contributed by atoms with Crippen molar-refractivity contribution in [2.75, 3.05) is 0 Å². The fourth-order valence-corrected chi connectivity index (χ4v) is 12.7. The molecule has 0 aliphatic heterocycles. The molecule has 0 unspecified atom stereocenters. The number of hydrogen-bond acceptors (Lipinski definition) is 2. The average Bonchev–Trinajstić information content (AvgIpc) is 3.48. The molecule has 0 atom stereocenters. The monoisotopic (exact) mass is 490 g/mol. The van der Waals surface area contributed by atoms with Crippen molar-refractivity contribution in [1.82, 2.24) is 0 Å². The zero-order valence-electron chi connectivity index (χ0n) is 19.5. The molecule has 0 bridgehead atoms. The molecule has 0 amide bonds. The van der Waals surface area contributed by atoms with Crippen LogP contribution in [-0.2, 0) is 21.1 Å². The van der Waals surface area contributed by atoms with E-state index in [1.54, 1.807) is 0 Å². The Morgan fingerprint density at radius 1 is 0.581 bits per heavy atom. The normalized spacial score (nSPS) is 15.3. The molecule has 0 spiro atoms. The molecule has 0 saturated heterocycles. The molecule has 2 nitrogen and oxygen atoms in total. The van der Waals surface area contributed by atoms with Crippen molar-refractivity contribution >= 4 is 0 Å². The second kappa shape index (κ2) is 8.79. The van der Waals surface area contributed by atoms with Gasteiger partial charge in [0.25, 0.3) is 0 Å². The van der Waals surface area contributed by atoms with Crippen LogP contribution in [0.25, 0.3) is 0 Å². The molecule has 0 heterocycles. The van der Waals surface area contributed by atoms with Gasteiger partial charge in [-0.15, -0.1) is 0 Å². The van der Waals surface area contributed by atoms with Gasteiger partial charge in [0.15, 0.2) is 0 Å². The van der Waals surface area contributed by atoms with E-state index in [0.717, 1.165) is 24.3 Å². The Balaban J connectivity index is 1.87. The Kier molecular flexibility index (Phi) is 6.26. The van der Waals surface area contributed by atoms with Gasteiger partial charge in [-0.05, 0) is 0 Å². The first-order valence-electron chi connectivity index (χ1n) is 11.1. The molecule has 2 aromatic carbocycles. The third-order valence-electron chi connectivity index (χ3n) is 6.91. The summed E-state index contributed by atoms with van der Waals surface area (Å²) in [4.78, 5) is 0. The molecule has 2 aliphatic carbocycles. The Morgan fingerprint density at radius 2 is 1.00 bits per heavy atom. The fourth-order valence-electron chi connectivity index (χ4n) is 4.27. The summed E-state index contributed by atoms with van der Waals surface area (Å²) in [6.45, 7) is 13.0. The Labute approximate surface area is 192 Å². The maximum absolute atomic E-state index is 7.14. The predicted molar refractivity (Wildman–Crippen MR) is 126 cm³/mol. The average molecular weight is 492 g/mol. The molecule has 160 valence electrons. The molecular formula is C28H32O2Zr. The van der Waals surface area contributed by atoms with Crippen molar-refractivity contribution in [2.24, 2.45) is 0 Å². The molecule has 31 heavy (non-hydrogen) atoms. The third-order valence-corrected chi connectivity index (χ3v) is 15.4. The molecule has 4 rings (SSSR count). The van der Waals surface area contributed by atoms with E-state index < -0.39 is 21.1 Å². The molecule has 0 fully saturated rings. The van der Waals surface area contributed by atoms with Gasteiger partial charge < -0.3 is 0 Å². The second-order valence-corrected chi connectivity index (χ2v) is 15.9. The minimum atomic E-state index is -3.97. The van der Waals surface area contributed by atoms with Crippen LogP contribution in [0.2, 0.25) is 0 Å². The quantitative estimate of drug-likeness (QED) is 0.413. The number of aryl methyl sites for hydroxylation is 2. The first-order chi connectivity index (χ1) is 14.8. The Morgan fingerprint density at radius 3 is 1.35 bits per heavy atom. The first kappa shape index (κ1) is 22.1. The SMILES string of the molecule is Cc1ccc([O][Zr]([O]c2ccc(C)c(C)c2C)([C]2=CC=CC2)[C]2=CC=CC2)c(C)c1C. The molecule has 0 radical (unpaired) electrons. The van der Waals surface area contributed by atoms with Gasteiger partial charge in [0.2, 0.25) is 0 Å². The van der Waals surface area contributed by atoms with Gasteiger partial charge in [0, 0.05) is 0 Å². The Hall–Kier alpha value is -2.12. The van der Waals surface area contributed by atoms with Gasteiger partial charge in [-0.1, -0.05) is 0 Å². The van der Waals surface area contributed by atoms with Crippen LogP contribution in [-0.4, -0.2) is 0 Å². The molecule has 2 aromatic rings. The Bertz CT molecular complexity index is 1060. The van der Waals surface area contributed by atoms with E-state index in [1.807, 2.05) is 0 Å².